The first kappa shape index (κ1) is 16.6. The molecule has 0 bridgehead atoms. The number of nitro groups is 1. The Morgan fingerprint density at radius 1 is 1.35 bits per heavy atom. The van der Waals surface area contributed by atoms with Gasteiger partial charge in [0.2, 0.25) is 0 Å². The van der Waals surface area contributed by atoms with Crippen molar-refractivity contribution in [2.24, 2.45) is 0 Å². The standard InChI is InChI=1S/C13H20N2O4S/c1-3-11(14-2)7-6-10-20(18,19)13-9-5-4-8-12(13)15(16)17/h4-5,8-9,11,14H,3,6-7,10H2,1-2H3. The first-order chi connectivity index (χ1) is 9.42. The smallest absolute Gasteiger partial charge is 0.287 e. The van der Waals surface area contributed by atoms with E-state index in [4.69, 9.17) is 0 Å². The molecule has 0 saturated carbocycles. The number of para-hydroxylation sites is 1. The van der Waals surface area contributed by atoms with Gasteiger partial charge in [-0.2, -0.15) is 0 Å². The van der Waals surface area contributed by atoms with Crippen molar-refractivity contribution < 1.29 is 13.3 Å². The molecule has 20 heavy (non-hydrogen) atoms. The van der Waals surface area contributed by atoms with Gasteiger partial charge in [0.15, 0.2) is 9.84 Å². The lowest BCUT2D eigenvalue weighted by atomic mass is 10.1. The maximum Gasteiger partial charge on any atom is 0.287 e. The molecule has 0 radical (unpaired) electrons. The molecule has 6 nitrogen and oxygen atoms in total. The zero-order valence-electron chi connectivity index (χ0n) is 11.7. The summed E-state index contributed by atoms with van der Waals surface area (Å²) in [6.07, 6.45) is 2.13. The summed E-state index contributed by atoms with van der Waals surface area (Å²) in [5, 5.41) is 14.0. The molecule has 1 aromatic carbocycles. The average molecular weight is 300 g/mol. The van der Waals surface area contributed by atoms with Crippen molar-refractivity contribution in [1.29, 1.82) is 0 Å². The molecule has 1 atom stereocenters. The second-order valence-corrected chi connectivity index (χ2v) is 6.66. The molecule has 0 heterocycles. The summed E-state index contributed by atoms with van der Waals surface area (Å²) >= 11 is 0. The molecule has 0 fully saturated rings. The highest BCUT2D eigenvalue weighted by atomic mass is 32.2. The molecule has 1 aromatic rings. The van der Waals surface area contributed by atoms with Crippen LogP contribution in [0.2, 0.25) is 0 Å². The Kier molecular flexibility index (Phi) is 6.09. The summed E-state index contributed by atoms with van der Waals surface area (Å²) in [7, 11) is -1.78. The van der Waals surface area contributed by atoms with Crippen molar-refractivity contribution in [2.45, 2.75) is 37.1 Å². The van der Waals surface area contributed by atoms with Gasteiger partial charge in [-0.3, -0.25) is 10.1 Å². The largest absolute Gasteiger partial charge is 0.317 e. The lowest BCUT2D eigenvalue weighted by molar-refractivity contribution is -0.387. The van der Waals surface area contributed by atoms with E-state index in [-0.39, 0.29) is 22.4 Å². The molecule has 0 aromatic heterocycles. The molecule has 0 amide bonds. The topological polar surface area (TPSA) is 89.3 Å². The number of nitrogens with one attached hydrogen (secondary N) is 1. The number of rotatable bonds is 8. The predicted molar refractivity (Wildman–Crippen MR) is 77.5 cm³/mol. The number of hydrogen-bond donors (Lipinski definition) is 1. The maximum atomic E-state index is 12.2. The van der Waals surface area contributed by atoms with Crippen molar-refractivity contribution in [3.63, 3.8) is 0 Å². The summed E-state index contributed by atoms with van der Waals surface area (Å²) in [5.41, 5.74) is -0.354. The third-order valence-corrected chi connectivity index (χ3v) is 5.11. The van der Waals surface area contributed by atoms with Gasteiger partial charge in [0.1, 0.15) is 4.90 Å². The van der Waals surface area contributed by atoms with Crippen molar-refractivity contribution in [3.05, 3.63) is 34.4 Å². The van der Waals surface area contributed by atoms with Gasteiger partial charge in [0.25, 0.3) is 5.69 Å². The van der Waals surface area contributed by atoms with E-state index in [1.165, 1.54) is 24.3 Å². The second-order valence-electron chi connectivity index (χ2n) is 4.58. The van der Waals surface area contributed by atoms with Crippen LogP contribution >= 0.6 is 0 Å². The summed E-state index contributed by atoms with van der Waals surface area (Å²) in [4.78, 5) is 10.0. The Morgan fingerprint density at radius 2 is 2.00 bits per heavy atom. The van der Waals surface area contributed by atoms with Crippen LogP contribution in [0.25, 0.3) is 0 Å². The van der Waals surface area contributed by atoms with Crippen LogP contribution in [-0.4, -0.2) is 32.2 Å². The Bertz CT molecular complexity index is 553. The van der Waals surface area contributed by atoms with Crippen molar-refractivity contribution >= 4 is 15.5 Å². The van der Waals surface area contributed by atoms with Crippen molar-refractivity contribution in [2.75, 3.05) is 12.8 Å². The minimum absolute atomic E-state index is 0.0734. The number of nitro benzene ring substituents is 1. The van der Waals surface area contributed by atoms with Crippen molar-refractivity contribution in [1.82, 2.24) is 5.32 Å². The summed E-state index contributed by atoms with van der Waals surface area (Å²) in [6, 6.07) is 5.75. The highest BCUT2D eigenvalue weighted by Crippen LogP contribution is 2.24. The Hall–Kier alpha value is -1.47. The molecule has 0 saturated heterocycles. The minimum Gasteiger partial charge on any atom is -0.317 e. The van der Waals surface area contributed by atoms with Crippen LogP contribution in [-0.2, 0) is 9.84 Å². The molecule has 1 rings (SSSR count). The normalized spacial score (nSPS) is 13.1. The lowest BCUT2D eigenvalue weighted by Crippen LogP contribution is -2.24. The molecule has 0 aliphatic heterocycles. The number of nitrogens with zero attached hydrogens (tertiary/aromatic N) is 1. The molecule has 1 unspecified atom stereocenters. The van der Waals surface area contributed by atoms with E-state index in [9.17, 15) is 18.5 Å². The fourth-order valence-electron chi connectivity index (χ4n) is 2.05. The van der Waals surface area contributed by atoms with E-state index in [1.807, 2.05) is 14.0 Å². The summed E-state index contributed by atoms with van der Waals surface area (Å²) < 4.78 is 24.4. The molecule has 0 aliphatic carbocycles. The zero-order valence-corrected chi connectivity index (χ0v) is 12.5. The highest BCUT2D eigenvalue weighted by molar-refractivity contribution is 7.91. The number of benzene rings is 1. The van der Waals surface area contributed by atoms with E-state index in [0.29, 0.717) is 6.42 Å². The Morgan fingerprint density at radius 3 is 2.55 bits per heavy atom. The predicted octanol–water partition coefficient (Wildman–Crippen LogP) is 2.15. The third-order valence-electron chi connectivity index (χ3n) is 3.26. The monoisotopic (exact) mass is 300 g/mol. The number of hydrogen-bond acceptors (Lipinski definition) is 5. The fraction of sp³-hybridized carbons (Fsp3) is 0.538. The van der Waals surface area contributed by atoms with Crippen LogP contribution in [0.5, 0.6) is 0 Å². The first-order valence-electron chi connectivity index (χ1n) is 6.55. The molecular formula is C13H20N2O4S. The van der Waals surface area contributed by atoms with Crippen molar-refractivity contribution in [3.8, 4) is 0 Å². The minimum atomic E-state index is -3.62. The van der Waals surface area contributed by atoms with Crippen LogP contribution in [0.4, 0.5) is 5.69 Å². The average Bonchev–Trinajstić information content (AvgIpc) is 2.43. The van der Waals surface area contributed by atoms with E-state index in [1.54, 1.807) is 0 Å². The second kappa shape index (κ2) is 7.35. The zero-order chi connectivity index (χ0) is 15.2. The molecule has 112 valence electrons. The highest BCUT2D eigenvalue weighted by Gasteiger charge is 2.24. The molecule has 0 spiro atoms. The van der Waals surface area contributed by atoms with Crippen LogP contribution in [0.15, 0.2) is 29.2 Å². The Balaban J connectivity index is 2.82. The van der Waals surface area contributed by atoms with E-state index < -0.39 is 14.8 Å². The Labute approximate surface area is 119 Å². The molecule has 0 aliphatic rings. The number of sulfone groups is 1. The van der Waals surface area contributed by atoms with Gasteiger partial charge < -0.3 is 5.32 Å². The van der Waals surface area contributed by atoms with E-state index in [0.717, 1.165) is 12.8 Å². The lowest BCUT2D eigenvalue weighted by Gasteiger charge is -2.13. The molecular weight excluding hydrogens is 280 g/mol. The summed E-state index contributed by atoms with van der Waals surface area (Å²) in [5.74, 6) is -0.0734. The van der Waals surface area contributed by atoms with Crippen LogP contribution in [0.1, 0.15) is 26.2 Å². The summed E-state index contributed by atoms with van der Waals surface area (Å²) in [6.45, 7) is 2.03. The van der Waals surface area contributed by atoms with Gasteiger partial charge in [0, 0.05) is 12.1 Å². The van der Waals surface area contributed by atoms with Gasteiger partial charge in [-0.15, -0.1) is 0 Å². The van der Waals surface area contributed by atoms with Gasteiger partial charge in [0.05, 0.1) is 10.7 Å². The van der Waals surface area contributed by atoms with Gasteiger partial charge >= 0.3 is 0 Å². The van der Waals surface area contributed by atoms with Gasteiger partial charge in [-0.25, -0.2) is 8.42 Å². The van der Waals surface area contributed by atoms with Gasteiger partial charge in [-0.05, 0) is 32.4 Å². The molecule has 7 heteroatoms. The van der Waals surface area contributed by atoms with E-state index in [2.05, 4.69) is 5.32 Å². The molecule has 1 N–H and O–H groups in total. The SMILES string of the molecule is CCC(CCCS(=O)(=O)c1ccccc1[N+](=O)[O-])NC. The van der Waals surface area contributed by atoms with E-state index >= 15 is 0 Å². The quantitative estimate of drug-likeness (QED) is 0.587. The van der Waals surface area contributed by atoms with Crippen LogP contribution in [0.3, 0.4) is 0 Å². The first-order valence-corrected chi connectivity index (χ1v) is 8.21. The fourth-order valence-corrected chi connectivity index (χ4v) is 3.57. The van der Waals surface area contributed by atoms with Crippen LogP contribution < -0.4 is 5.32 Å². The van der Waals surface area contributed by atoms with Crippen LogP contribution in [0, 0.1) is 10.1 Å². The maximum absolute atomic E-state index is 12.2. The van der Waals surface area contributed by atoms with Gasteiger partial charge in [-0.1, -0.05) is 19.1 Å². The third kappa shape index (κ3) is 4.28.